The van der Waals surface area contributed by atoms with Crippen LogP contribution in [0.4, 0.5) is 4.39 Å². The fourth-order valence-electron chi connectivity index (χ4n) is 2.60. The molecule has 0 spiro atoms. The quantitative estimate of drug-likeness (QED) is 0.704. The molecular formula is C18H20FN5O2. The van der Waals surface area contributed by atoms with Crippen LogP contribution in [-0.4, -0.2) is 51.0 Å². The average molecular weight is 357 g/mol. The molecular weight excluding hydrogens is 337 g/mol. The third kappa shape index (κ3) is 4.15. The highest BCUT2D eigenvalue weighted by Gasteiger charge is 2.19. The van der Waals surface area contributed by atoms with Gasteiger partial charge in [-0.15, -0.1) is 0 Å². The zero-order chi connectivity index (χ0) is 18.5. The largest absolute Gasteiger partial charge is 0.383 e. The SMILES string of the molecule is COCCN(Cc1cnn(C)c1)C(=O)c1cc(-c2ccc(F)cc2)n[nH]1. The summed E-state index contributed by atoms with van der Waals surface area (Å²) in [6.45, 7) is 1.28. The summed E-state index contributed by atoms with van der Waals surface area (Å²) in [6, 6.07) is 7.63. The van der Waals surface area contributed by atoms with Crippen LogP contribution in [0.25, 0.3) is 11.3 Å². The second-order valence-corrected chi connectivity index (χ2v) is 5.92. The molecule has 2 aromatic heterocycles. The lowest BCUT2D eigenvalue weighted by atomic mass is 10.1. The van der Waals surface area contributed by atoms with E-state index in [9.17, 15) is 9.18 Å². The maximum Gasteiger partial charge on any atom is 0.272 e. The molecule has 0 atom stereocenters. The van der Waals surface area contributed by atoms with Gasteiger partial charge in [-0.2, -0.15) is 10.2 Å². The van der Waals surface area contributed by atoms with Crippen LogP contribution in [-0.2, 0) is 18.3 Å². The molecule has 0 aliphatic rings. The number of hydrogen-bond donors (Lipinski definition) is 1. The third-order valence-corrected chi connectivity index (χ3v) is 3.93. The van der Waals surface area contributed by atoms with E-state index in [1.54, 1.807) is 41.1 Å². The fraction of sp³-hybridized carbons (Fsp3) is 0.278. The van der Waals surface area contributed by atoms with Gasteiger partial charge >= 0.3 is 0 Å². The first-order valence-corrected chi connectivity index (χ1v) is 8.14. The van der Waals surface area contributed by atoms with Crippen molar-refractivity contribution in [2.24, 2.45) is 7.05 Å². The minimum atomic E-state index is -0.317. The van der Waals surface area contributed by atoms with Gasteiger partial charge < -0.3 is 9.64 Å². The standard InChI is InChI=1S/C18H20FN5O2/c1-23-11-13(10-20-23)12-24(7-8-26-2)18(25)17-9-16(21-22-17)14-3-5-15(19)6-4-14/h3-6,9-11H,7-8,12H2,1-2H3,(H,21,22). The molecule has 3 rings (SSSR count). The van der Waals surface area contributed by atoms with Gasteiger partial charge in [0.25, 0.3) is 5.91 Å². The van der Waals surface area contributed by atoms with Crippen molar-refractivity contribution in [2.75, 3.05) is 20.3 Å². The van der Waals surface area contributed by atoms with Crippen molar-refractivity contribution in [1.82, 2.24) is 24.9 Å². The van der Waals surface area contributed by atoms with E-state index in [0.29, 0.717) is 31.1 Å². The molecule has 1 aromatic carbocycles. The number of carbonyl (C=O) groups is 1. The first-order chi connectivity index (χ1) is 12.6. The number of carbonyl (C=O) groups excluding carboxylic acids is 1. The predicted molar refractivity (Wildman–Crippen MR) is 93.8 cm³/mol. The Morgan fingerprint density at radius 3 is 2.77 bits per heavy atom. The Balaban J connectivity index is 1.78. The van der Waals surface area contributed by atoms with Gasteiger partial charge in [-0.1, -0.05) is 0 Å². The highest BCUT2D eigenvalue weighted by Crippen LogP contribution is 2.19. The van der Waals surface area contributed by atoms with Gasteiger partial charge in [-0.3, -0.25) is 14.6 Å². The minimum Gasteiger partial charge on any atom is -0.383 e. The molecule has 0 saturated heterocycles. The number of methoxy groups -OCH3 is 1. The molecule has 0 aliphatic heterocycles. The molecule has 26 heavy (non-hydrogen) atoms. The van der Waals surface area contributed by atoms with Crippen LogP contribution in [0.5, 0.6) is 0 Å². The number of benzene rings is 1. The van der Waals surface area contributed by atoms with Gasteiger partial charge in [0.05, 0.1) is 18.5 Å². The summed E-state index contributed by atoms with van der Waals surface area (Å²) < 4.78 is 19.9. The maximum absolute atomic E-state index is 13.1. The summed E-state index contributed by atoms with van der Waals surface area (Å²) in [4.78, 5) is 14.5. The molecule has 3 aromatic rings. The molecule has 1 N–H and O–H groups in total. The van der Waals surface area contributed by atoms with Gasteiger partial charge in [0, 0.05) is 44.6 Å². The van der Waals surface area contributed by atoms with Crippen molar-refractivity contribution >= 4 is 5.91 Å². The Morgan fingerprint density at radius 2 is 2.12 bits per heavy atom. The summed E-state index contributed by atoms with van der Waals surface area (Å²) in [7, 11) is 3.42. The topological polar surface area (TPSA) is 76.0 Å². The number of ether oxygens (including phenoxy) is 1. The van der Waals surface area contributed by atoms with E-state index in [0.717, 1.165) is 11.1 Å². The van der Waals surface area contributed by atoms with Crippen LogP contribution in [0, 0.1) is 5.82 Å². The number of nitrogens with zero attached hydrogens (tertiary/aromatic N) is 4. The van der Waals surface area contributed by atoms with Crippen molar-refractivity contribution in [1.29, 1.82) is 0 Å². The van der Waals surface area contributed by atoms with E-state index in [1.165, 1.54) is 12.1 Å². The number of aryl methyl sites for hydroxylation is 1. The molecule has 0 fully saturated rings. The lowest BCUT2D eigenvalue weighted by Crippen LogP contribution is -2.33. The summed E-state index contributed by atoms with van der Waals surface area (Å²) in [5.41, 5.74) is 2.61. The average Bonchev–Trinajstić information content (AvgIpc) is 3.28. The Kier molecular flexibility index (Phi) is 5.43. The van der Waals surface area contributed by atoms with Crippen molar-refractivity contribution < 1.29 is 13.9 Å². The van der Waals surface area contributed by atoms with E-state index in [2.05, 4.69) is 15.3 Å². The van der Waals surface area contributed by atoms with Gasteiger partial charge in [0.2, 0.25) is 0 Å². The Bertz CT molecular complexity index is 872. The lowest BCUT2D eigenvalue weighted by Gasteiger charge is -2.20. The first-order valence-electron chi connectivity index (χ1n) is 8.14. The Labute approximate surface area is 150 Å². The Morgan fingerprint density at radius 1 is 1.35 bits per heavy atom. The molecule has 1 amide bonds. The van der Waals surface area contributed by atoms with E-state index in [4.69, 9.17) is 4.74 Å². The van der Waals surface area contributed by atoms with Crippen LogP contribution in [0.15, 0.2) is 42.7 Å². The maximum atomic E-state index is 13.1. The van der Waals surface area contributed by atoms with Crippen LogP contribution >= 0.6 is 0 Å². The number of aromatic amines is 1. The minimum absolute atomic E-state index is 0.188. The smallest absolute Gasteiger partial charge is 0.272 e. The predicted octanol–water partition coefficient (Wildman–Crippen LogP) is 2.24. The van der Waals surface area contributed by atoms with Crippen molar-refractivity contribution in [2.45, 2.75) is 6.54 Å². The number of nitrogens with one attached hydrogen (secondary N) is 1. The van der Waals surface area contributed by atoms with Crippen molar-refractivity contribution in [3.8, 4) is 11.3 Å². The van der Waals surface area contributed by atoms with Gasteiger partial charge in [-0.05, 0) is 30.3 Å². The second kappa shape index (κ2) is 7.92. The summed E-state index contributed by atoms with van der Waals surface area (Å²) in [5.74, 6) is -0.505. The summed E-state index contributed by atoms with van der Waals surface area (Å²) in [5, 5.41) is 11.1. The highest BCUT2D eigenvalue weighted by molar-refractivity contribution is 5.93. The zero-order valence-corrected chi connectivity index (χ0v) is 14.6. The zero-order valence-electron chi connectivity index (χ0n) is 14.6. The van der Waals surface area contributed by atoms with Crippen molar-refractivity contribution in [3.63, 3.8) is 0 Å². The molecule has 0 saturated carbocycles. The van der Waals surface area contributed by atoms with Crippen LogP contribution in [0.3, 0.4) is 0 Å². The fourth-order valence-corrected chi connectivity index (χ4v) is 2.60. The monoisotopic (exact) mass is 357 g/mol. The van der Waals surface area contributed by atoms with Gasteiger partial charge in [0.15, 0.2) is 0 Å². The molecule has 0 unspecified atom stereocenters. The number of H-pyrrole nitrogens is 1. The van der Waals surface area contributed by atoms with Crippen LogP contribution < -0.4 is 0 Å². The highest BCUT2D eigenvalue weighted by atomic mass is 19.1. The van der Waals surface area contributed by atoms with Crippen LogP contribution in [0.2, 0.25) is 0 Å². The normalized spacial score (nSPS) is 10.9. The van der Waals surface area contributed by atoms with E-state index >= 15 is 0 Å². The molecule has 0 radical (unpaired) electrons. The number of amides is 1. The van der Waals surface area contributed by atoms with E-state index < -0.39 is 0 Å². The second-order valence-electron chi connectivity index (χ2n) is 5.92. The van der Waals surface area contributed by atoms with Crippen LogP contribution in [0.1, 0.15) is 16.1 Å². The lowest BCUT2D eigenvalue weighted by molar-refractivity contribution is 0.0674. The number of aromatic nitrogens is 4. The molecule has 2 heterocycles. The Hall–Kier alpha value is -3.00. The first kappa shape index (κ1) is 17.8. The summed E-state index contributed by atoms with van der Waals surface area (Å²) >= 11 is 0. The van der Waals surface area contributed by atoms with Crippen molar-refractivity contribution in [3.05, 3.63) is 59.8 Å². The molecule has 0 bridgehead atoms. The third-order valence-electron chi connectivity index (χ3n) is 3.93. The van der Waals surface area contributed by atoms with E-state index in [1.807, 2.05) is 13.2 Å². The molecule has 0 aliphatic carbocycles. The molecule has 136 valence electrons. The number of halogens is 1. The molecule has 8 heteroatoms. The number of rotatable bonds is 7. The van der Waals surface area contributed by atoms with Gasteiger partial charge in [0.1, 0.15) is 11.5 Å². The summed E-state index contributed by atoms with van der Waals surface area (Å²) in [6.07, 6.45) is 3.59. The van der Waals surface area contributed by atoms with E-state index in [-0.39, 0.29) is 11.7 Å². The van der Waals surface area contributed by atoms with Gasteiger partial charge in [-0.25, -0.2) is 4.39 Å². The number of hydrogen-bond acceptors (Lipinski definition) is 4. The molecule has 7 nitrogen and oxygen atoms in total.